The predicted molar refractivity (Wildman–Crippen MR) is 96.4 cm³/mol. The van der Waals surface area contributed by atoms with Crippen LogP contribution < -0.4 is 16.6 Å². The monoisotopic (exact) mass is 353 g/mol. The van der Waals surface area contributed by atoms with Crippen LogP contribution in [0, 0.1) is 0 Å². The van der Waals surface area contributed by atoms with Crippen LogP contribution in [0.5, 0.6) is 0 Å². The summed E-state index contributed by atoms with van der Waals surface area (Å²) >= 11 is 0. The molecule has 8 heteroatoms. The van der Waals surface area contributed by atoms with Gasteiger partial charge in [0.1, 0.15) is 5.69 Å². The molecule has 0 bridgehead atoms. The molecule has 134 valence electrons. The largest absolute Gasteiger partial charge is 0.344 e. The standard InChI is InChI=1S/C18H19N5O3/c1-12(13-7-4-5-8-14(13)23-10-6-9-19-23)20-17(25)15-11-16(24)22(3)18(26)21(15)2/h4-12H,1-3H3,(H,20,25)/t12-/m1/s1. The smallest absolute Gasteiger partial charge is 0.331 e. The van der Waals surface area contributed by atoms with Crippen LogP contribution in [-0.4, -0.2) is 24.8 Å². The van der Waals surface area contributed by atoms with Crippen molar-refractivity contribution in [2.45, 2.75) is 13.0 Å². The van der Waals surface area contributed by atoms with Crippen molar-refractivity contribution >= 4 is 5.91 Å². The van der Waals surface area contributed by atoms with E-state index in [2.05, 4.69) is 10.4 Å². The minimum absolute atomic E-state index is 0.0153. The number of nitrogens with one attached hydrogen (secondary N) is 1. The number of carbonyl (C=O) groups is 1. The van der Waals surface area contributed by atoms with Gasteiger partial charge in [0.15, 0.2) is 0 Å². The van der Waals surface area contributed by atoms with Crippen molar-refractivity contribution in [1.29, 1.82) is 0 Å². The Kier molecular flexibility index (Phi) is 4.57. The first kappa shape index (κ1) is 17.4. The topological polar surface area (TPSA) is 90.9 Å². The summed E-state index contributed by atoms with van der Waals surface area (Å²) in [6.07, 6.45) is 3.49. The number of para-hydroxylation sites is 1. The average molecular weight is 353 g/mol. The van der Waals surface area contributed by atoms with Crippen molar-refractivity contribution in [3.8, 4) is 5.69 Å². The zero-order chi connectivity index (χ0) is 18.8. The number of carbonyl (C=O) groups excluding carboxylic acids is 1. The lowest BCUT2D eigenvalue weighted by atomic mass is 10.1. The van der Waals surface area contributed by atoms with Crippen LogP contribution >= 0.6 is 0 Å². The Morgan fingerprint density at radius 3 is 2.54 bits per heavy atom. The SMILES string of the molecule is C[C@@H](NC(=O)c1cc(=O)n(C)c(=O)n1C)c1ccccc1-n1cccn1. The van der Waals surface area contributed by atoms with Crippen molar-refractivity contribution in [2.75, 3.05) is 0 Å². The molecular weight excluding hydrogens is 334 g/mol. The molecule has 2 heterocycles. The third kappa shape index (κ3) is 3.08. The Labute approximate surface area is 149 Å². The normalized spacial score (nSPS) is 12.0. The first-order valence-corrected chi connectivity index (χ1v) is 8.07. The number of aromatic nitrogens is 4. The molecule has 26 heavy (non-hydrogen) atoms. The zero-order valence-corrected chi connectivity index (χ0v) is 14.7. The summed E-state index contributed by atoms with van der Waals surface area (Å²) in [7, 11) is 2.83. The second-order valence-electron chi connectivity index (χ2n) is 5.97. The fourth-order valence-corrected chi connectivity index (χ4v) is 2.77. The molecule has 0 aliphatic rings. The van der Waals surface area contributed by atoms with Crippen LogP contribution in [0.15, 0.2) is 58.4 Å². The van der Waals surface area contributed by atoms with Gasteiger partial charge in [0, 0.05) is 32.6 Å². The van der Waals surface area contributed by atoms with E-state index in [0.29, 0.717) is 0 Å². The minimum Gasteiger partial charge on any atom is -0.344 e. The summed E-state index contributed by atoms with van der Waals surface area (Å²) < 4.78 is 3.82. The first-order chi connectivity index (χ1) is 12.4. The van der Waals surface area contributed by atoms with Crippen LogP contribution in [-0.2, 0) is 14.1 Å². The van der Waals surface area contributed by atoms with Gasteiger partial charge in [0.05, 0.1) is 11.7 Å². The summed E-state index contributed by atoms with van der Waals surface area (Å²) in [6, 6.07) is 10.2. The van der Waals surface area contributed by atoms with Gasteiger partial charge >= 0.3 is 5.69 Å². The van der Waals surface area contributed by atoms with Crippen molar-refractivity contribution < 1.29 is 4.79 Å². The van der Waals surface area contributed by atoms with E-state index in [9.17, 15) is 14.4 Å². The van der Waals surface area contributed by atoms with Crippen molar-refractivity contribution in [3.63, 3.8) is 0 Å². The van der Waals surface area contributed by atoms with E-state index >= 15 is 0 Å². The highest BCUT2D eigenvalue weighted by Crippen LogP contribution is 2.21. The van der Waals surface area contributed by atoms with Gasteiger partial charge in [0.25, 0.3) is 11.5 Å². The molecule has 0 saturated carbocycles. The van der Waals surface area contributed by atoms with Gasteiger partial charge < -0.3 is 5.32 Å². The Morgan fingerprint density at radius 1 is 1.12 bits per heavy atom. The fourth-order valence-electron chi connectivity index (χ4n) is 2.77. The van der Waals surface area contributed by atoms with Gasteiger partial charge in [-0.15, -0.1) is 0 Å². The van der Waals surface area contributed by atoms with E-state index in [4.69, 9.17) is 0 Å². The molecule has 1 amide bonds. The fraction of sp³-hybridized carbons (Fsp3) is 0.222. The van der Waals surface area contributed by atoms with Gasteiger partial charge in [-0.05, 0) is 24.6 Å². The zero-order valence-electron chi connectivity index (χ0n) is 14.7. The Balaban J connectivity index is 1.93. The van der Waals surface area contributed by atoms with E-state index in [0.717, 1.165) is 26.5 Å². The average Bonchev–Trinajstić information content (AvgIpc) is 3.17. The van der Waals surface area contributed by atoms with Crippen molar-refractivity contribution in [2.24, 2.45) is 14.1 Å². The first-order valence-electron chi connectivity index (χ1n) is 8.07. The van der Waals surface area contributed by atoms with Gasteiger partial charge in [-0.3, -0.25) is 18.7 Å². The highest BCUT2D eigenvalue weighted by atomic mass is 16.2. The van der Waals surface area contributed by atoms with Crippen molar-refractivity contribution in [3.05, 3.63) is 80.9 Å². The van der Waals surface area contributed by atoms with E-state index < -0.39 is 17.2 Å². The van der Waals surface area contributed by atoms with Gasteiger partial charge in [-0.25, -0.2) is 9.48 Å². The number of amides is 1. The number of rotatable bonds is 4. The lowest BCUT2D eigenvalue weighted by Crippen LogP contribution is -2.41. The van der Waals surface area contributed by atoms with Gasteiger partial charge in [0.2, 0.25) is 0 Å². The predicted octanol–water partition coefficient (Wildman–Crippen LogP) is 0.761. The summed E-state index contributed by atoms with van der Waals surface area (Å²) in [4.78, 5) is 36.5. The second kappa shape index (κ2) is 6.83. The maximum atomic E-state index is 12.6. The Bertz CT molecular complexity index is 1060. The van der Waals surface area contributed by atoms with E-state index in [1.807, 2.05) is 43.5 Å². The number of nitrogens with zero attached hydrogens (tertiary/aromatic N) is 4. The molecule has 3 rings (SSSR count). The molecule has 0 saturated heterocycles. The molecule has 0 spiro atoms. The Morgan fingerprint density at radius 2 is 1.85 bits per heavy atom. The maximum Gasteiger partial charge on any atom is 0.331 e. The summed E-state index contributed by atoms with van der Waals surface area (Å²) in [5.41, 5.74) is 0.637. The lowest BCUT2D eigenvalue weighted by molar-refractivity contribution is 0.0929. The summed E-state index contributed by atoms with van der Waals surface area (Å²) in [6.45, 7) is 1.83. The maximum absolute atomic E-state index is 12.6. The summed E-state index contributed by atoms with van der Waals surface area (Å²) in [5, 5.41) is 7.07. The van der Waals surface area contributed by atoms with Crippen LogP contribution in [0.2, 0.25) is 0 Å². The third-order valence-electron chi connectivity index (χ3n) is 4.26. The molecule has 1 atom stereocenters. The number of benzene rings is 1. The van der Waals surface area contributed by atoms with Gasteiger partial charge in [-0.1, -0.05) is 18.2 Å². The summed E-state index contributed by atoms with van der Waals surface area (Å²) in [5.74, 6) is -0.495. The van der Waals surface area contributed by atoms with Gasteiger partial charge in [-0.2, -0.15) is 5.10 Å². The van der Waals surface area contributed by atoms with Crippen LogP contribution in [0.1, 0.15) is 29.0 Å². The van der Waals surface area contributed by atoms with Crippen LogP contribution in [0.4, 0.5) is 0 Å². The number of hydrogen-bond acceptors (Lipinski definition) is 4. The van der Waals surface area contributed by atoms with Crippen LogP contribution in [0.3, 0.4) is 0 Å². The van der Waals surface area contributed by atoms with E-state index in [1.165, 1.54) is 14.1 Å². The van der Waals surface area contributed by atoms with Crippen LogP contribution in [0.25, 0.3) is 5.69 Å². The molecule has 2 aromatic heterocycles. The number of hydrogen-bond donors (Lipinski definition) is 1. The third-order valence-corrected chi connectivity index (χ3v) is 4.26. The Hall–Kier alpha value is -3.42. The minimum atomic E-state index is -0.549. The molecule has 0 fully saturated rings. The molecular formula is C18H19N5O3. The molecule has 1 N–H and O–H groups in total. The second-order valence-corrected chi connectivity index (χ2v) is 5.97. The molecule has 0 radical (unpaired) electrons. The highest BCUT2D eigenvalue weighted by Gasteiger charge is 2.18. The van der Waals surface area contributed by atoms with E-state index in [-0.39, 0.29) is 11.7 Å². The lowest BCUT2D eigenvalue weighted by Gasteiger charge is -2.19. The molecule has 0 aliphatic carbocycles. The molecule has 0 aliphatic heterocycles. The molecule has 8 nitrogen and oxygen atoms in total. The highest BCUT2D eigenvalue weighted by molar-refractivity contribution is 5.92. The van der Waals surface area contributed by atoms with Crippen molar-refractivity contribution in [1.82, 2.24) is 24.2 Å². The molecule has 3 aromatic rings. The molecule has 1 aromatic carbocycles. The van der Waals surface area contributed by atoms with E-state index in [1.54, 1.807) is 10.9 Å². The molecule has 0 unspecified atom stereocenters. The quantitative estimate of drug-likeness (QED) is 0.750.